The molecule has 3 amide bonds. The highest BCUT2D eigenvalue weighted by Crippen LogP contribution is 2.39. The van der Waals surface area contributed by atoms with Gasteiger partial charge in [-0.2, -0.15) is 0 Å². The number of amides is 3. The molecule has 1 aromatic rings. The molecule has 0 unspecified atom stereocenters. The van der Waals surface area contributed by atoms with Gasteiger partial charge in [0.2, 0.25) is 5.91 Å². The van der Waals surface area contributed by atoms with Gasteiger partial charge in [0.05, 0.1) is 20.1 Å². The molecule has 0 saturated carbocycles. The Balaban J connectivity index is 2.34. The molecule has 1 fully saturated rings. The van der Waals surface area contributed by atoms with Crippen LogP contribution in [0.2, 0.25) is 0 Å². The first kappa shape index (κ1) is 19.9. The van der Waals surface area contributed by atoms with Crippen LogP contribution in [0.3, 0.4) is 0 Å². The fourth-order valence-electron chi connectivity index (χ4n) is 3.32. The Hall–Kier alpha value is -2.44. The summed E-state index contributed by atoms with van der Waals surface area (Å²) >= 11 is 0. The Labute approximate surface area is 155 Å². The van der Waals surface area contributed by atoms with Crippen molar-refractivity contribution in [2.24, 2.45) is 5.92 Å². The molecule has 1 heterocycles. The van der Waals surface area contributed by atoms with Crippen LogP contribution in [0.4, 0.5) is 4.79 Å². The van der Waals surface area contributed by atoms with Crippen LogP contribution in [0.25, 0.3) is 0 Å². The number of carbonyl (C=O) groups excluding carboxylic acids is 2. The highest BCUT2D eigenvalue weighted by Gasteiger charge is 2.41. The van der Waals surface area contributed by atoms with Gasteiger partial charge in [-0.25, -0.2) is 4.79 Å². The molecule has 0 bridgehead atoms. The highest BCUT2D eigenvalue weighted by molar-refractivity contribution is 5.83. The predicted molar refractivity (Wildman–Crippen MR) is 99.7 cm³/mol. The van der Waals surface area contributed by atoms with Crippen molar-refractivity contribution in [3.63, 3.8) is 0 Å². The van der Waals surface area contributed by atoms with Crippen LogP contribution in [-0.2, 0) is 4.79 Å². The van der Waals surface area contributed by atoms with Crippen LogP contribution in [-0.4, -0.2) is 57.2 Å². The second-order valence-electron chi connectivity index (χ2n) is 6.35. The van der Waals surface area contributed by atoms with Crippen molar-refractivity contribution >= 4 is 11.9 Å². The number of hydrogen-bond acceptors (Lipinski definition) is 4. The third-order valence-corrected chi connectivity index (χ3v) is 4.66. The van der Waals surface area contributed by atoms with Gasteiger partial charge in [-0.1, -0.05) is 6.92 Å². The van der Waals surface area contributed by atoms with Crippen LogP contribution >= 0.6 is 0 Å². The zero-order valence-electron chi connectivity index (χ0n) is 16.0. The number of methoxy groups -OCH3 is 2. The number of urea groups is 1. The SMILES string of the molecule is CCCNC(=O)[C@H]1CN(C(=O)NCC)C[C@@H]1c1cc(OC)ccc1OC. The molecule has 1 aliphatic heterocycles. The van der Waals surface area contributed by atoms with Gasteiger partial charge >= 0.3 is 6.03 Å². The van der Waals surface area contributed by atoms with Gasteiger partial charge in [0.1, 0.15) is 11.5 Å². The summed E-state index contributed by atoms with van der Waals surface area (Å²) in [6.45, 7) is 5.90. The molecule has 0 aliphatic carbocycles. The molecule has 2 rings (SSSR count). The lowest BCUT2D eigenvalue weighted by atomic mass is 9.87. The van der Waals surface area contributed by atoms with E-state index in [1.54, 1.807) is 19.1 Å². The second kappa shape index (κ2) is 9.31. The summed E-state index contributed by atoms with van der Waals surface area (Å²) < 4.78 is 10.8. The molecule has 0 spiro atoms. The minimum absolute atomic E-state index is 0.0338. The fourth-order valence-corrected chi connectivity index (χ4v) is 3.32. The van der Waals surface area contributed by atoms with Crippen LogP contribution < -0.4 is 20.1 Å². The molecule has 26 heavy (non-hydrogen) atoms. The maximum absolute atomic E-state index is 12.7. The van der Waals surface area contributed by atoms with Crippen molar-refractivity contribution in [2.75, 3.05) is 40.4 Å². The number of benzene rings is 1. The number of nitrogens with one attached hydrogen (secondary N) is 2. The van der Waals surface area contributed by atoms with Crippen molar-refractivity contribution in [1.82, 2.24) is 15.5 Å². The summed E-state index contributed by atoms with van der Waals surface area (Å²) in [7, 11) is 3.21. The number of carbonyl (C=O) groups is 2. The van der Waals surface area contributed by atoms with E-state index >= 15 is 0 Å². The Morgan fingerprint density at radius 2 is 1.92 bits per heavy atom. The summed E-state index contributed by atoms with van der Waals surface area (Å²) in [5.74, 6) is 0.880. The molecule has 1 aromatic carbocycles. The van der Waals surface area contributed by atoms with E-state index in [0.29, 0.717) is 37.7 Å². The zero-order valence-corrected chi connectivity index (χ0v) is 16.0. The first-order chi connectivity index (χ1) is 12.5. The Morgan fingerprint density at radius 3 is 2.54 bits per heavy atom. The lowest BCUT2D eigenvalue weighted by Gasteiger charge is -2.21. The Morgan fingerprint density at radius 1 is 1.15 bits per heavy atom. The molecule has 2 atom stereocenters. The third kappa shape index (κ3) is 4.39. The first-order valence-electron chi connectivity index (χ1n) is 9.08. The largest absolute Gasteiger partial charge is 0.497 e. The van der Waals surface area contributed by atoms with Crippen LogP contribution in [0.15, 0.2) is 18.2 Å². The highest BCUT2D eigenvalue weighted by atomic mass is 16.5. The zero-order chi connectivity index (χ0) is 19.1. The first-order valence-corrected chi connectivity index (χ1v) is 9.08. The molecule has 0 aromatic heterocycles. The van der Waals surface area contributed by atoms with Crippen molar-refractivity contribution in [1.29, 1.82) is 0 Å². The molecule has 1 aliphatic rings. The minimum atomic E-state index is -0.329. The molecule has 144 valence electrons. The Kier molecular flexibility index (Phi) is 7.12. The van der Waals surface area contributed by atoms with Gasteiger partial charge in [0.15, 0.2) is 0 Å². The third-order valence-electron chi connectivity index (χ3n) is 4.66. The van der Waals surface area contributed by atoms with Gasteiger partial charge < -0.3 is 25.0 Å². The number of rotatable bonds is 7. The van der Waals surface area contributed by atoms with E-state index in [1.165, 1.54) is 0 Å². The van der Waals surface area contributed by atoms with Crippen LogP contribution in [0.5, 0.6) is 11.5 Å². The van der Waals surface area contributed by atoms with E-state index < -0.39 is 0 Å². The van der Waals surface area contributed by atoms with E-state index in [2.05, 4.69) is 10.6 Å². The maximum Gasteiger partial charge on any atom is 0.317 e. The Bertz CT molecular complexity index is 635. The quantitative estimate of drug-likeness (QED) is 0.776. The minimum Gasteiger partial charge on any atom is -0.497 e. The molecule has 1 saturated heterocycles. The molecule has 7 heteroatoms. The van der Waals surface area contributed by atoms with E-state index in [-0.39, 0.29) is 23.8 Å². The van der Waals surface area contributed by atoms with E-state index in [9.17, 15) is 9.59 Å². The van der Waals surface area contributed by atoms with E-state index in [4.69, 9.17) is 9.47 Å². The van der Waals surface area contributed by atoms with Gasteiger partial charge in [-0.05, 0) is 31.5 Å². The standard InChI is InChI=1S/C19H29N3O4/c1-5-9-21-18(23)16-12-22(19(24)20-6-2)11-15(16)14-10-13(25-3)7-8-17(14)26-4/h7-8,10,15-16H,5-6,9,11-12H2,1-4H3,(H,20,24)(H,21,23)/t15-,16+/m1/s1. The summed E-state index contributed by atoms with van der Waals surface area (Å²) in [6.07, 6.45) is 0.867. The van der Waals surface area contributed by atoms with Crippen molar-refractivity contribution in [2.45, 2.75) is 26.2 Å². The van der Waals surface area contributed by atoms with Crippen molar-refractivity contribution in [3.05, 3.63) is 23.8 Å². The smallest absolute Gasteiger partial charge is 0.317 e. The van der Waals surface area contributed by atoms with E-state index in [0.717, 1.165) is 12.0 Å². The molecular weight excluding hydrogens is 334 g/mol. The van der Waals surface area contributed by atoms with Crippen molar-refractivity contribution in [3.8, 4) is 11.5 Å². The number of ether oxygens (including phenoxy) is 2. The van der Waals surface area contributed by atoms with Crippen LogP contribution in [0.1, 0.15) is 31.7 Å². The molecule has 7 nitrogen and oxygen atoms in total. The normalized spacial score (nSPS) is 19.2. The number of hydrogen-bond donors (Lipinski definition) is 2. The summed E-state index contributed by atoms with van der Waals surface area (Å²) in [6, 6.07) is 5.41. The van der Waals surface area contributed by atoms with Gasteiger partial charge in [0.25, 0.3) is 0 Å². The summed E-state index contributed by atoms with van der Waals surface area (Å²) in [4.78, 5) is 26.7. The van der Waals surface area contributed by atoms with Gasteiger partial charge in [-0.15, -0.1) is 0 Å². The summed E-state index contributed by atoms with van der Waals surface area (Å²) in [5, 5.41) is 5.77. The van der Waals surface area contributed by atoms with E-state index in [1.807, 2.05) is 32.0 Å². The number of nitrogens with zero attached hydrogens (tertiary/aromatic N) is 1. The topological polar surface area (TPSA) is 79.9 Å². The lowest BCUT2D eigenvalue weighted by molar-refractivity contribution is -0.124. The van der Waals surface area contributed by atoms with Crippen LogP contribution in [0, 0.1) is 5.92 Å². The summed E-state index contributed by atoms with van der Waals surface area (Å²) in [5.41, 5.74) is 0.885. The second-order valence-corrected chi connectivity index (χ2v) is 6.35. The molecule has 0 radical (unpaired) electrons. The number of likely N-dealkylation sites (tertiary alicyclic amines) is 1. The van der Waals surface area contributed by atoms with Gasteiger partial charge in [-0.3, -0.25) is 4.79 Å². The maximum atomic E-state index is 12.7. The average Bonchev–Trinajstić information content (AvgIpc) is 3.11. The average molecular weight is 363 g/mol. The monoisotopic (exact) mass is 363 g/mol. The van der Waals surface area contributed by atoms with Crippen molar-refractivity contribution < 1.29 is 19.1 Å². The fraction of sp³-hybridized carbons (Fsp3) is 0.579. The van der Waals surface area contributed by atoms with Gasteiger partial charge in [0, 0.05) is 37.7 Å². The molecule has 2 N–H and O–H groups in total. The predicted octanol–water partition coefficient (Wildman–Crippen LogP) is 1.97. The molecular formula is C19H29N3O4. The lowest BCUT2D eigenvalue weighted by Crippen LogP contribution is -2.40.